The Hall–Kier alpha value is -3.74. The molecule has 0 aromatic heterocycles. The molecule has 0 aliphatic heterocycles. The lowest BCUT2D eigenvalue weighted by Crippen LogP contribution is -2.52. The Morgan fingerprint density at radius 2 is 1.35 bits per heavy atom. The number of methoxy groups -OCH3 is 1. The second-order valence-corrected chi connectivity index (χ2v) is 10.4. The Kier molecular flexibility index (Phi) is 7.91. The molecule has 1 atom stereocenters. The number of carboxylic acids is 1. The summed E-state index contributed by atoms with van der Waals surface area (Å²) in [6.07, 6.45) is -0.0744. The summed E-state index contributed by atoms with van der Waals surface area (Å²) >= 11 is 0. The predicted octanol–water partition coefficient (Wildman–Crippen LogP) is 5.03. The van der Waals surface area contributed by atoms with Gasteiger partial charge in [-0.05, 0) is 33.9 Å². The van der Waals surface area contributed by atoms with Crippen LogP contribution in [0.1, 0.15) is 16.7 Å². The molecule has 4 aromatic rings. The van der Waals surface area contributed by atoms with Crippen LogP contribution in [-0.4, -0.2) is 34.0 Å². The van der Waals surface area contributed by atoms with E-state index in [4.69, 9.17) is 4.74 Å². The van der Waals surface area contributed by atoms with Gasteiger partial charge in [0.05, 0.1) is 7.11 Å². The van der Waals surface area contributed by atoms with Crippen molar-refractivity contribution in [1.82, 2.24) is 5.32 Å². The molecule has 0 saturated heterocycles. The van der Waals surface area contributed by atoms with Crippen molar-refractivity contribution in [2.45, 2.75) is 17.7 Å². The second-order valence-electron chi connectivity index (χ2n) is 8.62. The van der Waals surface area contributed by atoms with Crippen LogP contribution in [0.2, 0.25) is 0 Å². The molecule has 0 heterocycles. The van der Waals surface area contributed by atoms with Crippen LogP contribution < -0.4 is 10.1 Å². The van der Waals surface area contributed by atoms with Crippen molar-refractivity contribution in [3.8, 4) is 16.9 Å². The second kappa shape index (κ2) is 11.1. The largest absolute Gasteiger partial charge is 0.496 e. The first-order chi connectivity index (χ1) is 17.8. The quantitative estimate of drug-likeness (QED) is 0.218. The molecular weight excluding hydrogens is 489 g/mol. The molecular formula is C29H28NO6P. The van der Waals surface area contributed by atoms with Gasteiger partial charge in [0.25, 0.3) is 0 Å². The lowest BCUT2D eigenvalue weighted by atomic mass is 9.94. The van der Waals surface area contributed by atoms with Crippen molar-refractivity contribution in [2.24, 2.45) is 0 Å². The maximum absolute atomic E-state index is 13.2. The van der Waals surface area contributed by atoms with Gasteiger partial charge in [-0.25, -0.2) is 0 Å². The van der Waals surface area contributed by atoms with Gasteiger partial charge in [-0.15, -0.1) is 0 Å². The number of rotatable bonds is 10. The zero-order valence-electron chi connectivity index (χ0n) is 20.2. The molecule has 190 valence electrons. The van der Waals surface area contributed by atoms with Crippen molar-refractivity contribution < 1.29 is 29.0 Å². The molecule has 4 rings (SSSR count). The van der Waals surface area contributed by atoms with Gasteiger partial charge >= 0.3 is 13.6 Å². The Balaban J connectivity index is 1.79. The third kappa shape index (κ3) is 5.50. The van der Waals surface area contributed by atoms with Crippen molar-refractivity contribution in [3.05, 3.63) is 126 Å². The Bertz CT molecular complexity index is 1350. The number of nitrogens with one attached hydrogen (secondary N) is 1. The smallest absolute Gasteiger partial charge is 0.354 e. The molecule has 0 saturated carbocycles. The summed E-state index contributed by atoms with van der Waals surface area (Å²) in [5.41, 5.74) is 2.98. The fourth-order valence-corrected chi connectivity index (χ4v) is 5.80. The molecule has 4 aromatic carbocycles. The Morgan fingerprint density at radius 1 is 0.838 bits per heavy atom. The van der Waals surface area contributed by atoms with E-state index >= 15 is 0 Å². The number of benzene rings is 4. The fraction of sp³-hybridized carbons (Fsp3) is 0.138. The number of carbonyl (C=O) groups is 1. The SMILES string of the molecule is COc1cc(-c2ccccc2)ccc1C[C@H](NC(c1ccccc1)(c1ccccc1)P(=O)(O)O)C(=O)O. The first-order valence-electron chi connectivity index (χ1n) is 11.7. The molecule has 0 bridgehead atoms. The van der Waals surface area contributed by atoms with E-state index in [1.165, 1.54) is 7.11 Å². The Morgan fingerprint density at radius 3 is 1.81 bits per heavy atom. The molecule has 0 spiro atoms. The van der Waals surface area contributed by atoms with Crippen LogP contribution in [0.15, 0.2) is 109 Å². The van der Waals surface area contributed by atoms with Gasteiger partial charge in [0.1, 0.15) is 11.8 Å². The molecule has 37 heavy (non-hydrogen) atoms. The van der Waals surface area contributed by atoms with E-state index in [2.05, 4.69) is 5.32 Å². The highest BCUT2D eigenvalue weighted by Crippen LogP contribution is 2.59. The summed E-state index contributed by atoms with van der Waals surface area (Å²) in [7, 11) is -3.52. The molecule has 0 unspecified atom stereocenters. The molecule has 0 radical (unpaired) electrons. The molecule has 7 nitrogen and oxygen atoms in total. The zero-order chi connectivity index (χ0) is 26.5. The van der Waals surface area contributed by atoms with Crippen LogP contribution in [0.25, 0.3) is 11.1 Å². The van der Waals surface area contributed by atoms with E-state index in [1.807, 2.05) is 42.5 Å². The summed E-state index contributed by atoms with van der Waals surface area (Å²) in [5.74, 6) is -0.769. The molecule has 4 N–H and O–H groups in total. The van der Waals surface area contributed by atoms with E-state index in [-0.39, 0.29) is 17.5 Å². The third-order valence-corrected chi connectivity index (χ3v) is 7.84. The van der Waals surface area contributed by atoms with E-state index in [9.17, 15) is 24.3 Å². The van der Waals surface area contributed by atoms with Gasteiger partial charge in [-0.1, -0.05) is 103 Å². The highest BCUT2D eigenvalue weighted by atomic mass is 31.2. The first kappa shape index (κ1) is 26.3. The van der Waals surface area contributed by atoms with Gasteiger partial charge < -0.3 is 19.6 Å². The minimum absolute atomic E-state index is 0.0744. The zero-order valence-corrected chi connectivity index (χ0v) is 21.1. The fourth-order valence-electron chi connectivity index (χ4n) is 4.51. The minimum Gasteiger partial charge on any atom is -0.496 e. The first-order valence-corrected chi connectivity index (χ1v) is 13.3. The van der Waals surface area contributed by atoms with Gasteiger partial charge in [-0.3, -0.25) is 14.7 Å². The summed E-state index contributed by atoms with van der Waals surface area (Å²) in [5, 5.41) is 11.0. The van der Waals surface area contributed by atoms with Crippen LogP contribution in [-0.2, 0) is 21.1 Å². The maximum Gasteiger partial charge on any atom is 0.354 e. The molecule has 0 amide bonds. The van der Waals surface area contributed by atoms with E-state index in [1.54, 1.807) is 66.7 Å². The van der Waals surface area contributed by atoms with Crippen LogP contribution in [0.3, 0.4) is 0 Å². The number of hydrogen-bond donors (Lipinski definition) is 4. The number of aliphatic carboxylic acids is 1. The van der Waals surface area contributed by atoms with Crippen LogP contribution >= 0.6 is 7.60 Å². The maximum atomic E-state index is 13.2. The standard InChI is InChI=1S/C29H28NO6P/c1-36-27-20-22(21-11-5-2-6-12-21)17-18-23(27)19-26(28(31)32)30-29(37(33,34)35,24-13-7-3-8-14-24)25-15-9-4-10-16-25/h2-18,20,26,30H,19H2,1H3,(H,31,32)(H2,33,34,35)/t26-/m0/s1. The van der Waals surface area contributed by atoms with Gasteiger partial charge in [0.2, 0.25) is 0 Å². The van der Waals surface area contributed by atoms with Crippen molar-refractivity contribution in [3.63, 3.8) is 0 Å². The topological polar surface area (TPSA) is 116 Å². The minimum atomic E-state index is -5.02. The number of carboxylic acid groups (broad SMARTS) is 1. The predicted molar refractivity (Wildman–Crippen MR) is 142 cm³/mol. The third-order valence-electron chi connectivity index (χ3n) is 6.32. The van der Waals surface area contributed by atoms with Crippen molar-refractivity contribution in [1.29, 1.82) is 0 Å². The molecule has 0 fully saturated rings. The van der Waals surface area contributed by atoms with Gasteiger partial charge in [0.15, 0.2) is 5.28 Å². The van der Waals surface area contributed by atoms with Crippen LogP contribution in [0.5, 0.6) is 5.75 Å². The normalized spacial score (nSPS) is 12.6. The van der Waals surface area contributed by atoms with E-state index in [0.717, 1.165) is 11.1 Å². The van der Waals surface area contributed by atoms with Crippen molar-refractivity contribution >= 4 is 13.6 Å². The highest BCUT2D eigenvalue weighted by Gasteiger charge is 2.52. The average molecular weight is 518 g/mol. The molecule has 8 heteroatoms. The lowest BCUT2D eigenvalue weighted by molar-refractivity contribution is -0.139. The number of ether oxygens (including phenoxy) is 1. The van der Waals surface area contributed by atoms with Crippen molar-refractivity contribution in [2.75, 3.05) is 7.11 Å². The van der Waals surface area contributed by atoms with Crippen LogP contribution in [0.4, 0.5) is 0 Å². The summed E-state index contributed by atoms with van der Waals surface area (Å²) in [4.78, 5) is 34.0. The van der Waals surface area contributed by atoms with E-state index in [0.29, 0.717) is 11.3 Å². The summed E-state index contributed by atoms with van der Waals surface area (Å²) < 4.78 is 18.8. The van der Waals surface area contributed by atoms with Gasteiger partial charge in [-0.2, -0.15) is 0 Å². The molecule has 0 aliphatic rings. The monoisotopic (exact) mass is 517 g/mol. The average Bonchev–Trinajstić information content (AvgIpc) is 2.91. The Labute approximate surface area is 215 Å². The van der Waals surface area contributed by atoms with Gasteiger partial charge in [0, 0.05) is 6.42 Å². The summed E-state index contributed by atoms with van der Waals surface area (Å²) in [6.45, 7) is 0. The highest BCUT2D eigenvalue weighted by molar-refractivity contribution is 7.53. The van der Waals surface area contributed by atoms with Crippen LogP contribution in [0, 0.1) is 0 Å². The molecule has 0 aliphatic carbocycles. The van der Waals surface area contributed by atoms with E-state index < -0.39 is 24.9 Å². The lowest BCUT2D eigenvalue weighted by Gasteiger charge is -2.38. The summed E-state index contributed by atoms with van der Waals surface area (Å²) in [6, 6.07) is 30.2. The number of hydrogen-bond acceptors (Lipinski definition) is 4.